The molecule has 0 atom stereocenters. The van der Waals surface area contributed by atoms with Crippen molar-refractivity contribution in [2.45, 2.75) is 57.8 Å². The first-order chi connectivity index (χ1) is 20.3. The van der Waals surface area contributed by atoms with Crippen molar-refractivity contribution in [2.75, 3.05) is 64.5 Å². The molecule has 2 heterocycles. The van der Waals surface area contributed by atoms with Gasteiger partial charge in [0.1, 0.15) is 11.3 Å². The van der Waals surface area contributed by atoms with Crippen LogP contribution in [0.15, 0.2) is 41.3 Å². The van der Waals surface area contributed by atoms with E-state index in [4.69, 9.17) is 14.5 Å². The number of methoxy groups -OCH3 is 1. The van der Waals surface area contributed by atoms with Gasteiger partial charge in [0.25, 0.3) is 5.91 Å². The molecule has 12 heteroatoms. The first-order valence-corrected chi connectivity index (χ1v) is 17.2. The number of aryl methyl sites for hydroxylation is 1. The third kappa shape index (κ3) is 8.67. The van der Waals surface area contributed by atoms with Crippen LogP contribution < -0.4 is 9.64 Å². The van der Waals surface area contributed by atoms with Crippen LogP contribution in [0.2, 0.25) is 0 Å². The number of hydrogen-bond acceptors (Lipinski definition) is 8. The molecule has 0 radical (unpaired) electrons. The summed E-state index contributed by atoms with van der Waals surface area (Å²) in [7, 11) is -2.03. The van der Waals surface area contributed by atoms with Gasteiger partial charge in [0.2, 0.25) is 10.0 Å². The lowest BCUT2D eigenvalue weighted by Gasteiger charge is -2.27. The summed E-state index contributed by atoms with van der Waals surface area (Å²) in [5.74, 6) is 0.467. The molecular weight excluding hydrogens is 608 g/mol. The molecule has 3 aromatic rings. The Balaban J connectivity index is 0.00000506. The van der Waals surface area contributed by atoms with E-state index < -0.39 is 10.0 Å². The molecule has 238 valence electrons. The van der Waals surface area contributed by atoms with E-state index in [0.717, 1.165) is 80.7 Å². The first-order valence-electron chi connectivity index (χ1n) is 15.0. The highest BCUT2D eigenvalue weighted by atomic mass is 35.5. The van der Waals surface area contributed by atoms with Gasteiger partial charge in [-0.05, 0) is 62.1 Å². The number of unbranched alkanes of at least 4 members (excludes halogenated alkanes) is 2. The molecule has 1 saturated heterocycles. The molecule has 2 aromatic carbocycles. The van der Waals surface area contributed by atoms with Crippen LogP contribution in [0.1, 0.15) is 61.9 Å². The number of benzene rings is 2. The van der Waals surface area contributed by atoms with Crippen molar-refractivity contribution < 1.29 is 22.7 Å². The number of anilines is 1. The van der Waals surface area contributed by atoms with Crippen molar-refractivity contribution in [1.29, 1.82) is 0 Å². The molecule has 0 spiro atoms. The monoisotopic (exact) mass is 652 g/mol. The van der Waals surface area contributed by atoms with E-state index in [9.17, 15) is 13.2 Å². The summed E-state index contributed by atoms with van der Waals surface area (Å²) in [6, 6.07) is 10.3. The minimum absolute atomic E-state index is 0. The van der Waals surface area contributed by atoms with Crippen LogP contribution in [-0.2, 0) is 14.8 Å². The number of rotatable bonds is 15. The smallest absolute Gasteiger partial charge is 0.260 e. The fourth-order valence-electron chi connectivity index (χ4n) is 5.04. The third-order valence-corrected chi connectivity index (χ3v) is 10.7. The van der Waals surface area contributed by atoms with E-state index >= 15 is 0 Å². The minimum Gasteiger partial charge on any atom is -0.494 e. The Kier molecular flexibility index (Phi) is 13.7. The normalized spacial score (nSPS) is 14.2. The van der Waals surface area contributed by atoms with Crippen molar-refractivity contribution in [3.05, 3.63) is 47.5 Å². The molecule has 0 unspecified atom stereocenters. The van der Waals surface area contributed by atoms with Gasteiger partial charge >= 0.3 is 0 Å². The van der Waals surface area contributed by atoms with Gasteiger partial charge in [0.15, 0.2) is 5.13 Å². The molecule has 4 rings (SSSR count). The Morgan fingerprint density at radius 1 is 1.00 bits per heavy atom. The molecule has 1 aromatic heterocycles. The number of aromatic nitrogens is 1. The summed E-state index contributed by atoms with van der Waals surface area (Å²) in [4.78, 5) is 23.1. The number of ether oxygens (including phenoxy) is 2. The van der Waals surface area contributed by atoms with E-state index in [0.29, 0.717) is 36.1 Å². The van der Waals surface area contributed by atoms with Gasteiger partial charge in [-0.25, -0.2) is 13.4 Å². The molecule has 9 nitrogen and oxygen atoms in total. The Morgan fingerprint density at radius 2 is 1.65 bits per heavy atom. The zero-order valence-electron chi connectivity index (χ0n) is 25.7. The van der Waals surface area contributed by atoms with Crippen molar-refractivity contribution >= 4 is 55.0 Å². The first kappa shape index (κ1) is 35.2. The standard InChI is InChI=1S/C31H44N4O5S2.ClH/c1-5-7-17-34(18-8-6-2)42(37,38)26-13-11-25(12-14-26)30(36)35(19-9-16-33-20-22-40-23-21-33)31-32-28-27(39-4)15-10-24(3)29(28)41-31;/h10-15H,5-9,16-23H2,1-4H3;1H. The van der Waals surface area contributed by atoms with Crippen LogP contribution in [0.3, 0.4) is 0 Å². The summed E-state index contributed by atoms with van der Waals surface area (Å²) in [6.45, 7) is 11.7. The Hall–Kier alpha value is -2.28. The van der Waals surface area contributed by atoms with Crippen molar-refractivity contribution in [3.8, 4) is 5.75 Å². The Labute approximate surface area is 266 Å². The zero-order chi connectivity index (χ0) is 30.1. The number of fused-ring (bicyclic) bond motifs is 1. The SMILES string of the molecule is CCCCN(CCCC)S(=O)(=O)c1ccc(C(=O)N(CCCN2CCOCC2)c2nc3c(OC)ccc(C)c3s2)cc1.Cl. The summed E-state index contributed by atoms with van der Waals surface area (Å²) in [5.41, 5.74) is 2.24. The van der Waals surface area contributed by atoms with E-state index in [1.807, 2.05) is 19.1 Å². The van der Waals surface area contributed by atoms with Crippen molar-refractivity contribution in [3.63, 3.8) is 0 Å². The number of thiazole rings is 1. The molecule has 43 heavy (non-hydrogen) atoms. The minimum atomic E-state index is -3.65. The van der Waals surface area contributed by atoms with E-state index in [1.165, 1.54) is 11.3 Å². The average Bonchev–Trinajstić information content (AvgIpc) is 3.46. The zero-order valence-corrected chi connectivity index (χ0v) is 28.2. The average molecular weight is 653 g/mol. The van der Waals surface area contributed by atoms with E-state index in [1.54, 1.807) is 40.6 Å². The lowest BCUT2D eigenvalue weighted by atomic mass is 10.2. The number of carbonyl (C=O) groups excluding carboxylic acids is 1. The molecule has 0 N–H and O–H groups in total. The molecule has 1 aliphatic heterocycles. The number of morpholine rings is 1. The Morgan fingerprint density at radius 3 is 2.26 bits per heavy atom. The summed E-state index contributed by atoms with van der Waals surface area (Å²) in [6.07, 6.45) is 4.24. The van der Waals surface area contributed by atoms with Gasteiger partial charge in [0, 0.05) is 44.8 Å². The molecule has 1 amide bonds. The second-order valence-electron chi connectivity index (χ2n) is 10.7. The van der Waals surface area contributed by atoms with Crippen molar-refractivity contribution in [2.24, 2.45) is 0 Å². The Bertz CT molecular complexity index is 1420. The maximum Gasteiger partial charge on any atom is 0.260 e. The number of carbonyl (C=O) groups is 1. The van der Waals surface area contributed by atoms with Gasteiger partial charge in [-0.2, -0.15) is 4.31 Å². The molecule has 0 bridgehead atoms. The maximum absolute atomic E-state index is 14.0. The number of hydrogen-bond donors (Lipinski definition) is 0. The second kappa shape index (κ2) is 16.7. The van der Waals surface area contributed by atoms with Gasteiger partial charge in [0.05, 0.1) is 29.9 Å². The molecule has 1 fully saturated rings. The predicted octanol–water partition coefficient (Wildman–Crippen LogP) is 6.00. The van der Waals surface area contributed by atoms with Crippen LogP contribution in [0.4, 0.5) is 5.13 Å². The van der Waals surface area contributed by atoms with Crippen LogP contribution in [0.25, 0.3) is 10.2 Å². The third-order valence-electron chi connectivity index (χ3n) is 7.61. The highest BCUT2D eigenvalue weighted by Gasteiger charge is 2.26. The summed E-state index contributed by atoms with van der Waals surface area (Å²) in [5, 5.41) is 0.603. The second-order valence-corrected chi connectivity index (χ2v) is 13.6. The molecule has 0 saturated carbocycles. The topological polar surface area (TPSA) is 92.3 Å². The molecule has 1 aliphatic rings. The van der Waals surface area contributed by atoms with E-state index in [-0.39, 0.29) is 23.2 Å². The highest BCUT2D eigenvalue weighted by Crippen LogP contribution is 2.37. The quantitative estimate of drug-likeness (QED) is 0.199. The van der Waals surface area contributed by atoms with Crippen LogP contribution in [-0.4, -0.2) is 88.1 Å². The van der Waals surface area contributed by atoms with Gasteiger partial charge < -0.3 is 9.47 Å². The number of sulfonamides is 1. The van der Waals surface area contributed by atoms with Crippen LogP contribution in [0.5, 0.6) is 5.75 Å². The van der Waals surface area contributed by atoms with Gasteiger partial charge in [-0.3, -0.25) is 14.6 Å². The predicted molar refractivity (Wildman–Crippen MR) is 177 cm³/mol. The highest BCUT2D eigenvalue weighted by molar-refractivity contribution is 7.89. The van der Waals surface area contributed by atoms with Gasteiger partial charge in [-0.15, -0.1) is 12.4 Å². The number of halogens is 1. The van der Waals surface area contributed by atoms with Crippen molar-refractivity contribution in [1.82, 2.24) is 14.2 Å². The van der Waals surface area contributed by atoms with Crippen LogP contribution in [0, 0.1) is 6.92 Å². The summed E-state index contributed by atoms with van der Waals surface area (Å²) >= 11 is 1.47. The van der Waals surface area contributed by atoms with E-state index in [2.05, 4.69) is 18.7 Å². The lowest BCUT2D eigenvalue weighted by Crippen LogP contribution is -2.39. The molecular formula is C31H45ClN4O5S2. The van der Waals surface area contributed by atoms with Gasteiger partial charge in [-0.1, -0.05) is 44.1 Å². The molecule has 0 aliphatic carbocycles. The lowest BCUT2D eigenvalue weighted by molar-refractivity contribution is 0.0376. The van der Waals surface area contributed by atoms with Crippen LogP contribution >= 0.6 is 23.7 Å². The summed E-state index contributed by atoms with van der Waals surface area (Å²) < 4.78 is 40.5. The fraction of sp³-hybridized carbons (Fsp3) is 0.548. The number of amides is 1. The maximum atomic E-state index is 14.0. The largest absolute Gasteiger partial charge is 0.494 e. The number of nitrogens with zero attached hydrogens (tertiary/aromatic N) is 4. The fourth-order valence-corrected chi connectivity index (χ4v) is 7.63.